The zero-order valence-electron chi connectivity index (χ0n) is 13.7. The van der Waals surface area contributed by atoms with Crippen LogP contribution in [0.3, 0.4) is 0 Å². The maximum atomic E-state index is 11.0. The molecule has 1 saturated heterocycles. The number of para-hydroxylation sites is 2. The molecular formula is C18H20ClN2O4+. The highest BCUT2D eigenvalue weighted by atomic mass is 35.5. The number of nitrogens with one attached hydrogen (secondary N) is 1. The number of morpholine rings is 1. The predicted molar refractivity (Wildman–Crippen MR) is 94.2 cm³/mol. The number of ether oxygens (including phenoxy) is 2. The Morgan fingerprint density at radius 1 is 1.24 bits per heavy atom. The number of nitrogens with zero attached hydrogens (tertiary/aromatic N) is 1. The van der Waals surface area contributed by atoms with Crippen LogP contribution in [0.2, 0.25) is 5.02 Å². The molecule has 7 heteroatoms. The summed E-state index contributed by atoms with van der Waals surface area (Å²) in [6.45, 7) is 3.41. The molecule has 6 nitrogen and oxygen atoms in total. The molecule has 1 N–H and O–H groups in total. The van der Waals surface area contributed by atoms with Gasteiger partial charge >= 0.3 is 5.69 Å². The molecule has 0 aromatic heterocycles. The van der Waals surface area contributed by atoms with Crippen LogP contribution in [0.25, 0.3) is 0 Å². The summed E-state index contributed by atoms with van der Waals surface area (Å²) in [6, 6.07) is 14.2. The van der Waals surface area contributed by atoms with E-state index in [0.717, 1.165) is 30.2 Å². The van der Waals surface area contributed by atoms with E-state index in [1.54, 1.807) is 18.2 Å². The van der Waals surface area contributed by atoms with Crippen LogP contribution in [-0.4, -0.2) is 37.3 Å². The molecule has 1 heterocycles. The molecule has 0 bridgehead atoms. The molecular weight excluding hydrogens is 344 g/mol. The van der Waals surface area contributed by atoms with Crippen LogP contribution in [0.1, 0.15) is 5.56 Å². The molecule has 0 aliphatic carbocycles. The van der Waals surface area contributed by atoms with Gasteiger partial charge < -0.3 is 14.4 Å². The van der Waals surface area contributed by atoms with Crippen LogP contribution in [0.5, 0.6) is 5.75 Å². The van der Waals surface area contributed by atoms with Crippen molar-refractivity contribution in [3.05, 3.63) is 69.2 Å². The molecule has 2 aromatic rings. The van der Waals surface area contributed by atoms with Gasteiger partial charge in [-0.1, -0.05) is 41.9 Å². The highest BCUT2D eigenvalue weighted by Crippen LogP contribution is 2.26. The van der Waals surface area contributed by atoms with Gasteiger partial charge in [0.25, 0.3) is 0 Å². The Labute approximate surface area is 151 Å². The number of benzene rings is 2. The Kier molecular flexibility index (Phi) is 5.86. The van der Waals surface area contributed by atoms with Crippen molar-refractivity contribution in [2.24, 2.45) is 0 Å². The van der Waals surface area contributed by atoms with Gasteiger partial charge in [0.05, 0.1) is 11.5 Å². The van der Waals surface area contributed by atoms with Crippen molar-refractivity contribution in [2.45, 2.75) is 12.6 Å². The van der Waals surface area contributed by atoms with Gasteiger partial charge in [0, 0.05) is 16.7 Å². The maximum Gasteiger partial charge on any atom is 0.310 e. The molecule has 0 saturated carbocycles. The van der Waals surface area contributed by atoms with E-state index in [4.69, 9.17) is 21.1 Å². The molecule has 0 amide bonds. The Balaban J connectivity index is 1.57. The van der Waals surface area contributed by atoms with Crippen LogP contribution in [0.15, 0.2) is 48.5 Å². The summed E-state index contributed by atoms with van der Waals surface area (Å²) in [6.07, 6.45) is -0.106. The molecule has 3 rings (SSSR count). The van der Waals surface area contributed by atoms with Gasteiger partial charge in [-0.25, -0.2) is 0 Å². The monoisotopic (exact) mass is 363 g/mol. The number of hydrogen-bond donors (Lipinski definition) is 1. The van der Waals surface area contributed by atoms with E-state index >= 15 is 0 Å². The Morgan fingerprint density at radius 3 is 2.80 bits per heavy atom. The predicted octanol–water partition coefficient (Wildman–Crippen LogP) is 2.11. The van der Waals surface area contributed by atoms with Crippen molar-refractivity contribution in [2.75, 3.05) is 26.3 Å². The van der Waals surface area contributed by atoms with Gasteiger partial charge in [0.15, 0.2) is 5.75 Å². The maximum absolute atomic E-state index is 11.0. The minimum absolute atomic E-state index is 0.0291. The molecule has 2 aromatic carbocycles. The number of nitro groups is 1. The van der Waals surface area contributed by atoms with E-state index in [-0.39, 0.29) is 24.1 Å². The second-order valence-electron chi connectivity index (χ2n) is 6.00. The first kappa shape index (κ1) is 17.7. The summed E-state index contributed by atoms with van der Waals surface area (Å²) in [5, 5.41) is 11.8. The fourth-order valence-electron chi connectivity index (χ4n) is 2.94. The third-order valence-corrected chi connectivity index (χ3v) is 4.58. The first-order valence-corrected chi connectivity index (χ1v) is 8.56. The normalized spacial score (nSPS) is 20.2. The molecule has 2 atom stereocenters. The summed E-state index contributed by atoms with van der Waals surface area (Å²) in [7, 11) is 0. The van der Waals surface area contributed by atoms with E-state index in [0.29, 0.717) is 6.61 Å². The number of quaternary nitrogens is 1. The Morgan fingerprint density at radius 2 is 2.00 bits per heavy atom. The van der Waals surface area contributed by atoms with Gasteiger partial charge in [-0.2, -0.15) is 0 Å². The lowest BCUT2D eigenvalue weighted by Gasteiger charge is -2.30. The summed E-state index contributed by atoms with van der Waals surface area (Å²) in [5.74, 6) is 0.273. The summed E-state index contributed by atoms with van der Waals surface area (Å²) in [5.41, 5.74) is 1.08. The first-order valence-electron chi connectivity index (χ1n) is 8.18. The molecule has 0 spiro atoms. The smallest absolute Gasteiger partial charge is 0.310 e. The highest BCUT2D eigenvalue weighted by Gasteiger charge is 2.26. The van der Waals surface area contributed by atoms with Crippen molar-refractivity contribution >= 4 is 17.3 Å². The largest absolute Gasteiger partial charge is 0.484 e. The summed E-state index contributed by atoms with van der Waals surface area (Å²) >= 11 is 6.24. The fraction of sp³-hybridized carbons (Fsp3) is 0.333. The van der Waals surface area contributed by atoms with Gasteiger partial charge in [0.2, 0.25) is 0 Å². The molecule has 1 aliphatic heterocycles. The average Bonchev–Trinajstić information content (AvgIpc) is 2.62. The summed E-state index contributed by atoms with van der Waals surface area (Å²) < 4.78 is 11.4. The SMILES string of the molecule is O=[N+]([O-])c1ccccc1OC[C@@H]1C[NH+](Cc2ccccc2Cl)CCO1. The zero-order valence-corrected chi connectivity index (χ0v) is 14.4. The molecule has 132 valence electrons. The van der Waals surface area contributed by atoms with E-state index in [1.807, 2.05) is 24.3 Å². The lowest BCUT2D eigenvalue weighted by Crippen LogP contribution is -3.13. The van der Waals surface area contributed by atoms with Crippen LogP contribution in [0.4, 0.5) is 5.69 Å². The second kappa shape index (κ2) is 8.29. The van der Waals surface area contributed by atoms with Crippen LogP contribution in [-0.2, 0) is 11.3 Å². The third kappa shape index (κ3) is 4.69. The van der Waals surface area contributed by atoms with Crippen molar-refractivity contribution < 1.29 is 19.3 Å². The first-order chi connectivity index (χ1) is 12.1. The molecule has 1 fully saturated rings. The van der Waals surface area contributed by atoms with Gasteiger partial charge in [0.1, 0.15) is 32.3 Å². The van der Waals surface area contributed by atoms with E-state index in [9.17, 15) is 10.1 Å². The van der Waals surface area contributed by atoms with Crippen molar-refractivity contribution in [3.63, 3.8) is 0 Å². The fourth-order valence-corrected chi connectivity index (χ4v) is 3.15. The van der Waals surface area contributed by atoms with E-state index in [1.165, 1.54) is 11.0 Å². The highest BCUT2D eigenvalue weighted by molar-refractivity contribution is 6.31. The molecule has 25 heavy (non-hydrogen) atoms. The van der Waals surface area contributed by atoms with Crippen LogP contribution >= 0.6 is 11.6 Å². The van der Waals surface area contributed by atoms with Crippen molar-refractivity contribution in [1.29, 1.82) is 0 Å². The third-order valence-electron chi connectivity index (χ3n) is 4.21. The van der Waals surface area contributed by atoms with Gasteiger partial charge in [-0.05, 0) is 12.1 Å². The second-order valence-corrected chi connectivity index (χ2v) is 6.41. The number of nitro benzene ring substituents is 1. The number of halogens is 1. The van der Waals surface area contributed by atoms with Crippen molar-refractivity contribution in [1.82, 2.24) is 0 Å². The van der Waals surface area contributed by atoms with E-state index in [2.05, 4.69) is 0 Å². The minimum atomic E-state index is -0.438. The van der Waals surface area contributed by atoms with Crippen LogP contribution < -0.4 is 9.64 Å². The minimum Gasteiger partial charge on any atom is -0.484 e. The summed E-state index contributed by atoms with van der Waals surface area (Å²) in [4.78, 5) is 12.0. The quantitative estimate of drug-likeness (QED) is 0.630. The topological polar surface area (TPSA) is 66.0 Å². The zero-order chi connectivity index (χ0) is 17.6. The Bertz CT molecular complexity index is 741. The molecule has 0 radical (unpaired) electrons. The Hall–Kier alpha value is -2.15. The van der Waals surface area contributed by atoms with Gasteiger partial charge in [-0.15, -0.1) is 0 Å². The van der Waals surface area contributed by atoms with E-state index < -0.39 is 4.92 Å². The van der Waals surface area contributed by atoms with Crippen LogP contribution in [0, 0.1) is 10.1 Å². The number of hydrogen-bond acceptors (Lipinski definition) is 4. The van der Waals surface area contributed by atoms with Gasteiger partial charge in [-0.3, -0.25) is 10.1 Å². The average molecular weight is 364 g/mol. The molecule has 1 unspecified atom stereocenters. The number of rotatable bonds is 6. The van der Waals surface area contributed by atoms with Crippen molar-refractivity contribution in [3.8, 4) is 5.75 Å². The molecule has 1 aliphatic rings. The standard InChI is InChI=1S/C18H19ClN2O4/c19-16-6-2-1-5-14(16)11-20-9-10-24-15(12-20)13-25-18-8-4-3-7-17(18)21(22)23/h1-8,15H,9-13H2/p+1/t15-/m0/s1. The lowest BCUT2D eigenvalue weighted by molar-refractivity contribution is -0.925. The lowest BCUT2D eigenvalue weighted by atomic mass is 10.2.